The molecule has 0 saturated carbocycles. The molecule has 2 heteroatoms. The number of ketones is 1. The zero-order chi connectivity index (χ0) is 10.4. The lowest BCUT2D eigenvalue weighted by Gasteiger charge is -2.01. The zero-order valence-electron chi connectivity index (χ0n) is 8.33. The highest BCUT2D eigenvalue weighted by molar-refractivity contribution is 5.94. The van der Waals surface area contributed by atoms with Crippen LogP contribution in [0.2, 0.25) is 0 Å². The molecule has 0 aliphatic carbocycles. The summed E-state index contributed by atoms with van der Waals surface area (Å²) in [7, 11) is 0. The van der Waals surface area contributed by atoms with Gasteiger partial charge in [0.1, 0.15) is 12.4 Å². The fourth-order valence-corrected chi connectivity index (χ4v) is 0.977. The summed E-state index contributed by atoms with van der Waals surface area (Å²) >= 11 is 0. The van der Waals surface area contributed by atoms with E-state index in [4.69, 9.17) is 4.74 Å². The van der Waals surface area contributed by atoms with Crippen LogP contribution in [0.4, 0.5) is 0 Å². The van der Waals surface area contributed by atoms with Crippen LogP contribution in [0, 0.1) is 11.8 Å². The van der Waals surface area contributed by atoms with E-state index in [0.717, 1.165) is 5.75 Å². The van der Waals surface area contributed by atoms with Gasteiger partial charge in [-0.3, -0.25) is 4.79 Å². The van der Waals surface area contributed by atoms with E-state index in [1.807, 2.05) is 0 Å². The van der Waals surface area contributed by atoms with Crippen molar-refractivity contribution in [1.29, 1.82) is 0 Å². The monoisotopic (exact) mass is 188 g/mol. The van der Waals surface area contributed by atoms with Crippen molar-refractivity contribution in [3.63, 3.8) is 0 Å². The number of hydrogen-bond acceptors (Lipinski definition) is 2. The van der Waals surface area contributed by atoms with Crippen LogP contribution in [0.25, 0.3) is 0 Å². The van der Waals surface area contributed by atoms with Crippen LogP contribution < -0.4 is 4.74 Å². The van der Waals surface area contributed by atoms with Crippen LogP contribution in [-0.4, -0.2) is 12.4 Å². The van der Waals surface area contributed by atoms with Gasteiger partial charge in [0.25, 0.3) is 0 Å². The van der Waals surface area contributed by atoms with Crippen LogP contribution in [0.15, 0.2) is 24.3 Å². The van der Waals surface area contributed by atoms with Gasteiger partial charge in [0.05, 0.1) is 0 Å². The first-order valence-electron chi connectivity index (χ1n) is 4.37. The van der Waals surface area contributed by atoms with Gasteiger partial charge in [0, 0.05) is 5.56 Å². The SMILES string of the molecule is CC#CCOc1ccc(C(C)=O)cc1. The highest BCUT2D eigenvalue weighted by Crippen LogP contribution is 2.12. The first kappa shape index (κ1) is 10.3. The van der Waals surface area contributed by atoms with Crippen molar-refractivity contribution in [2.75, 3.05) is 6.61 Å². The molecule has 0 unspecified atom stereocenters. The lowest BCUT2D eigenvalue weighted by Crippen LogP contribution is -1.95. The number of ether oxygens (including phenoxy) is 1. The maximum Gasteiger partial charge on any atom is 0.159 e. The minimum atomic E-state index is 0.0601. The van der Waals surface area contributed by atoms with Crippen molar-refractivity contribution in [2.45, 2.75) is 13.8 Å². The van der Waals surface area contributed by atoms with E-state index in [9.17, 15) is 4.79 Å². The first-order valence-corrected chi connectivity index (χ1v) is 4.37. The van der Waals surface area contributed by atoms with Crippen molar-refractivity contribution in [2.24, 2.45) is 0 Å². The van der Waals surface area contributed by atoms with Gasteiger partial charge in [-0.05, 0) is 38.1 Å². The Labute approximate surface area is 83.9 Å². The third kappa shape index (κ3) is 2.95. The number of hydrogen-bond donors (Lipinski definition) is 0. The second kappa shape index (κ2) is 5.08. The molecule has 0 aliphatic rings. The van der Waals surface area contributed by atoms with E-state index in [2.05, 4.69) is 11.8 Å². The largest absolute Gasteiger partial charge is 0.481 e. The molecule has 0 fully saturated rings. The molecule has 0 aromatic heterocycles. The summed E-state index contributed by atoms with van der Waals surface area (Å²) in [6.07, 6.45) is 0. The van der Waals surface area contributed by atoms with Gasteiger partial charge in [-0.15, -0.1) is 5.92 Å². The lowest BCUT2D eigenvalue weighted by atomic mass is 10.1. The predicted octanol–water partition coefficient (Wildman–Crippen LogP) is 2.29. The van der Waals surface area contributed by atoms with E-state index < -0.39 is 0 Å². The molecule has 1 rings (SSSR count). The summed E-state index contributed by atoms with van der Waals surface area (Å²) in [5.41, 5.74) is 0.693. The maximum atomic E-state index is 11.0. The quantitative estimate of drug-likeness (QED) is 0.537. The van der Waals surface area contributed by atoms with E-state index in [0.29, 0.717) is 12.2 Å². The van der Waals surface area contributed by atoms with Crippen molar-refractivity contribution < 1.29 is 9.53 Å². The predicted molar refractivity (Wildman–Crippen MR) is 55.4 cm³/mol. The molecule has 0 atom stereocenters. The van der Waals surface area contributed by atoms with Gasteiger partial charge in [0.2, 0.25) is 0 Å². The van der Waals surface area contributed by atoms with Crippen molar-refractivity contribution in [1.82, 2.24) is 0 Å². The molecule has 2 nitrogen and oxygen atoms in total. The van der Waals surface area contributed by atoms with Gasteiger partial charge in [0.15, 0.2) is 5.78 Å². The summed E-state index contributed by atoms with van der Waals surface area (Å²) in [4.78, 5) is 11.0. The molecule has 0 saturated heterocycles. The van der Waals surface area contributed by atoms with Gasteiger partial charge < -0.3 is 4.74 Å². The topological polar surface area (TPSA) is 26.3 Å². The van der Waals surface area contributed by atoms with Gasteiger partial charge in [-0.25, -0.2) is 0 Å². The van der Waals surface area contributed by atoms with Gasteiger partial charge in [-0.1, -0.05) is 5.92 Å². The molecule has 1 aromatic rings. The molecule has 0 amide bonds. The highest BCUT2D eigenvalue weighted by atomic mass is 16.5. The molecule has 0 heterocycles. The number of carbonyl (C=O) groups is 1. The van der Waals surface area contributed by atoms with Crippen LogP contribution in [0.5, 0.6) is 5.75 Å². The molecule has 0 spiro atoms. The Morgan fingerprint density at radius 3 is 2.50 bits per heavy atom. The standard InChI is InChI=1S/C12H12O2/c1-3-4-9-14-12-7-5-11(6-8-12)10(2)13/h5-8H,9H2,1-2H3. The number of rotatable bonds is 3. The van der Waals surface area contributed by atoms with Gasteiger partial charge in [-0.2, -0.15) is 0 Å². The molecule has 72 valence electrons. The fourth-order valence-electron chi connectivity index (χ4n) is 0.977. The van der Waals surface area contributed by atoms with E-state index in [-0.39, 0.29) is 5.78 Å². The van der Waals surface area contributed by atoms with E-state index in [1.54, 1.807) is 38.1 Å². The molecule has 14 heavy (non-hydrogen) atoms. The van der Waals surface area contributed by atoms with Crippen molar-refractivity contribution >= 4 is 5.78 Å². The Kier molecular flexibility index (Phi) is 3.75. The number of carbonyl (C=O) groups excluding carboxylic acids is 1. The third-order valence-electron chi connectivity index (χ3n) is 1.75. The molecular formula is C12H12O2. The molecule has 0 radical (unpaired) electrons. The van der Waals surface area contributed by atoms with Crippen LogP contribution in [0.3, 0.4) is 0 Å². The summed E-state index contributed by atoms with van der Waals surface area (Å²) in [6.45, 7) is 3.69. The normalized spacial score (nSPS) is 8.71. The summed E-state index contributed by atoms with van der Waals surface area (Å²) in [5, 5.41) is 0. The average molecular weight is 188 g/mol. The van der Waals surface area contributed by atoms with E-state index in [1.165, 1.54) is 0 Å². The van der Waals surface area contributed by atoms with Crippen LogP contribution in [-0.2, 0) is 0 Å². The van der Waals surface area contributed by atoms with Crippen molar-refractivity contribution in [3.05, 3.63) is 29.8 Å². The Bertz CT molecular complexity index is 366. The first-order chi connectivity index (χ1) is 6.74. The molecule has 1 aromatic carbocycles. The number of benzene rings is 1. The number of Topliss-reactive ketones (excluding diaryl/α,β-unsaturated/α-hetero) is 1. The van der Waals surface area contributed by atoms with Crippen LogP contribution >= 0.6 is 0 Å². The summed E-state index contributed by atoms with van der Waals surface area (Å²) in [6, 6.07) is 7.04. The fraction of sp³-hybridized carbons (Fsp3) is 0.250. The molecular weight excluding hydrogens is 176 g/mol. The Morgan fingerprint density at radius 1 is 1.36 bits per heavy atom. The Morgan fingerprint density at radius 2 is 2.00 bits per heavy atom. The Balaban J connectivity index is 2.62. The third-order valence-corrected chi connectivity index (χ3v) is 1.75. The van der Waals surface area contributed by atoms with E-state index >= 15 is 0 Å². The zero-order valence-corrected chi connectivity index (χ0v) is 8.33. The summed E-state index contributed by atoms with van der Waals surface area (Å²) < 4.78 is 5.30. The molecule has 0 aliphatic heterocycles. The average Bonchev–Trinajstić information content (AvgIpc) is 2.19. The smallest absolute Gasteiger partial charge is 0.159 e. The minimum Gasteiger partial charge on any atom is -0.481 e. The van der Waals surface area contributed by atoms with Crippen molar-refractivity contribution in [3.8, 4) is 17.6 Å². The molecule has 0 N–H and O–H groups in total. The lowest BCUT2D eigenvalue weighted by molar-refractivity contribution is 0.101. The maximum absolute atomic E-state index is 11.0. The minimum absolute atomic E-state index is 0.0601. The highest BCUT2D eigenvalue weighted by Gasteiger charge is 1.98. The van der Waals surface area contributed by atoms with Gasteiger partial charge >= 0.3 is 0 Å². The molecule has 0 bridgehead atoms. The summed E-state index contributed by atoms with van der Waals surface area (Å²) in [5.74, 6) is 6.33. The second-order valence-corrected chi connectivity index (χ2v) is 2.80. The second-order valence-electron chi connectivity index (χ2n) is 2.80. The van der Waals surface area contributed by atoms with Crippen LogP contribution in [0.1, 0.15) is 24.2 Å². The Hall–Kier alpha value is -1.75.